The van der Waals surface area contributed by atoms with Gasteiger partial charge < -0.3 is 15.0 Å². The summed E-state index contributed by atoms with van der Waals surface area (Å²) in [7, 11) is 0. The molecule has 0 saturated carbocycles. The molecule has 1 fully saturated rings. The highest BCUT2D eigenvalue weighted by Crippen LogP contribution is 2.35. The number of hydrogen-bond donors (Lipinski definition) is 1. The Kier molecular flexibility index (Phi) is 5.91. The van der Waals surface area contributed by atoms with E-state index >= 15 is 0 Å². The summed E-state index contributed by atoms with van der Waals surface area (Å²) in [4.78, 5) is 25.6. The van der Waals surface area contributed by atoms with E-state index in [0.29, 0.717) is 29.0 Å². The van der Waals surface area contributed by atoms with Crippen LogP contribution >= 0.6 is 34.3 Å². The molecule has 0 bridgehead atoms. The molecule has 1 aliphatic heterocycles. The first kappa shape index (κ1) is 19.3. The van der Waals surface area contributed by atoms with Crippen LogP contribution in [-0.2, 0) is 11.3 Å². The molecule has 1 amide bonds. The van der Waals surface area contributed by atoms with Crippen molar-refractivity contribution in [2.24, 2.45) is 0 Å². The molecule has 3 aromatic rings. The fourth-order valence-corrected chi connectivity index (χ4v) is 5.11. The van der Waals surface area contributed by atoms with Gasteiger partial charge in [0.2, 0.25) is 0 Å². The van der Waals surface area contributed by atoms with E-state index in [1.165, 1.54) is 22.7 Å². The number of halogens is 1. The van der Waals surface area contributed by atoms with Crippen LogP contribution in [0.2, 0.25) is 4.34 Å². The van der Waals surface area contributed by atoms with Gasteiger partial charge in [-0.1, -0.05) is 17.7 Å². The lowest BCUT2D eigenvalue weighted by Gasteiger charge is -2.29. The maximum absolute atomic E-state index is 12.8. The average Bonchev–Trinajstić information content (AvgIpc) is 3.32. The molecule has 0 radical (unpaired) electrons. The van der Waals surface area contributed by atoms with Crippen molar-refractivity contribution in [2.45, 2.75) is 13.5 Å². The highest BCUT2D eigenvalue weighted by atomic mass is 35.5. The molecule has 0 unspecified atom stereocenters. The van der Waals surface area contributed by atoms with Crippen molar-refractivity contribution < 1.29 is 9.53 Å². The minimum atomic E-state index is -0.124. The monoisotopic (exact) mass is 434 g/mol. The van der Waals surface area contributed by atoms with Gasteiger partial charge in [0.05, 0.1) is 28.1 Å². The van der Waals surface area contributed by atoms with Gasteiger partial charge in [-0.3, -0.25) is 4.79 Å². The molecule has 1 aliphatic rings. The number of pyridine rings is 1. The van der Waals surface area contributed by atoms with E-state index in [1.54, 1.807) is 6.20 Å². The van der Waals surface area contributed by atoms with E-state index in [2.05, 4.69) is 20.2 Å². The number of aromatic nitrogens is 2. The Morgan fingerprint density at radius 2 is 2.11 bits per heavy atom. The number of morpholine rings is 1. The van der Waals surface area contributed by atoms with Crippen LogP contribution in [-0.4, -0.2) is 42.2 Å². The zero-order chi connectivity index (χ0) is 19.5. The minimum Gasteiger partial charge on any atom is -0.378 e. The van der Waals surface area contributed by atoms with Crippen molar-refractivity contribution in [3.05, 3.63) is 50.9 Å². The summed E-state index contributed by atoms with van der Waals surface area (Å²) < 4.78 is 6.13. The highest BCUT2D eigenvalue weighted by Gasteiger charge is 2.19. The Balaban J connectivity index is 1.47. The molecule has 0 atom stereocenters. The summed E-state index contributed by atoms with van der Waals surface area (Å²) in [6, 6.07) is 7.66. The number of ether oxygens (including phenoxy) is 1. The quantitative estimate of drug-likeness (QED) is 0.657. The molecule has 1 saturated heterocycles. The lowest BCUT2D eigenvalue weighted by atomic mass is 10.2. The number of nitrogens with zero attached hydrogens (tertiary/aromatic N) is 3. The van der Waals surface area contributed by atoms with Crippen molar-refractivity contribution in [2.75, 3.05) is 31.2 Å². The van der Waals surface area contributed by atoms with Gasteiger partial charge in [0.1, 0.15) is 15.7 Å². The number of thiazole rings is 1. The number of hydrogen-bond acceptors (Lipinski definition) is 7. The number of carbonyl (C=O) groups is 1. The van der Waals surface area contributed by atoms with E-state index in [4.69, 9.17) is 16.3 Å². The molecule has 4 rings (SSSR count). The number of aryl methyl sites for hydroxylation is 1. The van der Waals surface area contributed by atoms with E-state index in [9.17, 15) is 4.79 Å². The number of thiophene rings is 1. The zero-order valence-electron chi connectivity index (χ0n) is 15.3. The molecule has 6 nitrogen and oxygen atoms in total. The third-order valence-electron chi connectivity index (χ3n) is 4.40. The van der Waals surface area contributed by atoms with Crippen molar-refractivity contribution in [3.63, 3.8) is 0 Å². The number of rotatable bonds is 5. The summed E-state index contributed by atoms with van der Waals surface area (Å²) in [5.74, 6) is 0.779. The Morgan fingerprint density at radius 3 is 2.86 bits per heavy atom. The number of anilines is 1. The number of carbonyl (C=O) groups excluding carboxylic acids is 1. The summed E-state index contributed by atoms with van der Waals surface area (Å²) >= 11 is 8.86. The number of nitrogens with one attached hydrogen (secondary N) is 1. The van der Waals surface area contributed by atoms with E-state index in [1.807, 2.05) is 31.2 Å². The second-order valence-corrected chi connectivity index (χ2v) is 9.02. The van der Waals surface area contributed by atoms with Gasteiger partial charge in [-0.15, -0.1) is 22.7 Å². The first-order valence-corrected chi connectivity index (χ1v) is 10.9. The Labute approximate surface area is 176 Å². The van der Waals surface area contributed by atoms with Crippen LogP contribution in [0.5, 0.6) is 0 Å². The van der Waals surface area contributed by atoms with Gasteiger partial charge in [-0.25, -0.2) is 9.97 Å². The molecule has 3 aromatic heterocycles. The predicted molar refractivity (Wildman–Crippen MR) is 114 cm³/mol. The highest BCUT2D eigenvalue weighted by molar-refractivity contribution is 7.24. The normalized spacial score (nSPS) is 14.3. The van der Waals surface area contributed by atoms with Crippen molar-refractivity contribution >= 4 is 46.0 Å². The second kappa shape index (κ2) is 8.57. The average molecular weight is 435 g/mol. The standard InChI is InChI=1S/C19H19ClN4O2S2/c1-12-16(28-19(23-12)14-4-5-15(20)27-14)18(25)22-11-13-3-2-6-21-17(13)24-7-9-26-10-8-24/h2-6H,7-11H2,1H3,(H,22,25). The molecule has 0 spiro atoms. The smallest absolute Gasteiger partial charge is 0.263 e. The third kappa shape index (κ3) is 4.20. The minimum absolute atomic E-state index is 0.124. The summed E-state index contributed by atoms with van der Waals surface area (Å²) in [6.07, 6.45) is 1.78. The molecule has 9 heteroatoms. The summed E-state index contributed by atoms with van der Waals surface area (Å²) in [5, 5.41) is 3.83. The second-order valence-electron chi connectivity index (χ2n) is 6.31. The third-order valence-corrected chi connectivity index (χ3v) is 6.96. The SMILES string of the molecule is Cc1nc(-c2ccc(Cl)s2)sc1C(=O)NCc1cccnc1N1CCOCC1. The molecule has 146 valence electrons. The van der Waals surface area contributed by atoms with Crippen molar-refractivity contribution in [3.8, 4) is 9.88 Å². The maximum Gasteiger partial charge on any atom is 0.263 e. The first-order chi connectivity index (χ1) is 13.6. The van der Waals surface area contributed by atoms with Crippen LogP contribution in [0.1, 0.15) is 20.9 Å². The molecular weight excluding hydrogens is 416 g/mol. The first-order valence-electron chi connectivity index (χ1n) is 8.90. The van der Waals surface area contributed by atoms with Gasteiger partial charge in [-0.05, 0) is 25.1 Å². The fraction of sp³-hybridized carbons (Fsp3) is 0.316. The molecule has 4 heterocycles. The van der Waals surface area contributed by atoms with Gasteiger partial charge in [0, 0.05) is 31.4 Å². The van der Waals surface area contributed by atoms with Gasteiger partial charge in [-0.2, -0.15) is 0 Å². The molecule has 1 N–H and O–H groups in total. The van der Waals surface area contributed by atoms with Crippen LogP contribution in [0.25, 0.3) is 9.88 Å². The lowest BCUT2D eigenvalue weighted by Crippen LogP contribution is -2.37. The van der Waals surface area contributed by atoms with Crippen LogP contribution in [0.3, 0.4) is 0 Å². The van der Waals surface area contributed by atoms with E-state index in [-0.39, 0.29) is 5.91 Å². The van der Waals surface area contributed by atoms with E-state index < -0.39 is 0 Å². The molecule has 0 aliphatic carbocycles. The lowest BCUT2D eigenvalue weighted by molar-refractivity contribution is 0.0954. The molecule has 0 aromatic carbocycles. The van der Waals surface area contributed by atoms with Gasteiger partial charge in [0.15, 0.2) is 0 Å². The van der Waals surface area contributed by atoms with Gasteiger partial charge >= 0.3 is 0 Å². The van der Waals surface area contributed by atoms with Crippen LogP contribution in [0.4, 0.5) is 5.82 Å². The summed E-state index contributed by atoms with van der Waals surface area (Å²) in [6.45, 7) is 5.26. The summed E-state index contributed by atoms with van der Waals surface area (Å²) in [5.41, 5.74) is 1.71. The van der Waals surface area contributed by atoms with Crippen molar-refractivity contribution in [1.29, 1.82) is 0 Å². The largest absolute Gasteiger partial charge is 0.378 e. The van der Waals surface area contributed by atoms with E-state index in [0.717, 1.165) is 40.0 Å². The Hall–Kier alpha value is -2.00. The fourth-order valence-electron chi connectivity index (χ4n) is 3.03. The predicted octanol–water partition coefficient (Wildman–Crippen LogP) is 4.00. The molecule has 28 heavy (non-hydrogen) atoms. The van der Waals surface area contributed by atoms with Gasteiger partial charge in [0.25, 0.3) is 5.91 Å². The topological polar surface area (TPSA) is 67.4 Å². The van der Waals surface area contributed by atoms with Crippen molar-refractivity contribution in [1.82, 2.24) is 15.3 Å². The molecular formula is C19H19ClN4O2S2. The van der Waals surface area contributed by atoms with Crippen LogP contribution in [0.15, 0.2) is 30.5 Å². The maximum atomic E-state index is 12.8. The number of amides is 1. The Morgan fingerprint density at radius 1 is 1.29 bits per heavy atom. The zero-order valence-corrected chi connectivity index (χ0v) is 17.7. The Bertz CT molecular complexity index is 982. The van der Waals surface area contributed by atoms with Crippen LogP contribution in [0, 0.1) is 6.92 Å². The van der Waals surface area contributed by atoms with Crippen LogP contribution < -0.4 is 10.2 Å².